The average molecular weight is 245 g/mol. The Bertz CT molecular complexity index is 625. The van der Waals surface area contributed by atoms with Crippen molar-refractivity contribution in [2.24, 2.45) is 0 Å². The number of halogens is 1. The highest BCUT2D eigenvalue weighted by molar-refractivity contribution is 8.13. The Morgan fingerprint density at radius 2 is 1.93 bits per heavy atom. The molecule has 1 heterocycles. The normalized spacial score (nSPS) is 12.2. The van der Waals surface area contributed by atoms with E-state index in [0.717, 1.165) is 16.7 Å². The maximum absolute atomic E-state index is 11.1. The summed E-state index contributed by atoms with van der Waals surface area (Å²) in [5.74, 6) is 0.786. The molecule has 0 N–H and O–H groups in total. The van der Waals surface area contributed by atoms with E-state index in [1.807, 2.05) is 13.8 Å². The number of fused-ring (bicyclic) bond motifs is 1. The Labute approximate surface area is 92.1 Å². The largest absolute Gasteiger partial charge is 0.461 e. The van der Waals surface area contributed by atoms with Crippen LogP contribution in [0.15, 0.2) is 27.5 Å². The summed E-state index contributed by atoms with van der Waals surface area (Å²) >= 11 is 0. The highest BCUT2D eigenvalue weighted by Crippen LogP contribution is 2.28. The minimum atomic E-state index is -3.67. The minimum absolute atomic E-state index is 0.0977. The van der Waals surface area contributed by atoms with Gasteiger partial charge in [-0.25, -0.2) is 8.42 Å². The monoisotopic (exact) mass is 244 g/mol. The van der Waals surface area contributed by atoms with Gasteiger partial charge in [-0.3, -0.25) is 0 Å². The second-order valence-corrected chi connectivity index (χ2v) is 5.95. The van der Waals surface area contributed by atoms with Crippen LogP contribution in [0.4, 0.5) is 0 Å². The molecule has 0 bridgehead atoms. The van der Waals surface area contributed by atoms with Gasteiger partial charge in [-0.2, -0.15) is 0 Å². The van der Waals surface area contributed by atoms with Crippen LogP contribution in [0.25, 0.3) is 11.0 Å². The SMILES string of the molecule is Cc1oc2ccc(S(=O)(=O)Cl)cc2c1C. The van der Waals surface area contributed by atoms with Crippen molar-refractivity contribution in [3.8, 4) is 0 Å². The topological polar surface area (TPSA) is 47.3 Å². The number of rotatable bonds is 1. The summed E-state index contributed by atoms with van der Waals surface area (Å²) in [6, 6.07) is 4.58. The van der Waals surface area contributed by atoms with E-state index in [9.17, 15) is 8.42 Å². The predicted octanol–water partition coefficient (Wildman–Crippen LogP) is 2.98. The third-order valence-electron chi connectivity index (χ3n) is 2.43. The molecule has 0 atom stereocenters. The molecule has 0 aliphatic heterocycles. The minimum Gasteiger partial charge on any atom is -0.461 e. The first-order chi connectivity index (χ1) is 6.89. The summed E-state index contributed by atoms with van der Waals surface area (Å²) in [7, 11) is 1.59. The molecule has 1 aromatic heterocycles. The Balaban J connectivity index is 2.81. The number of hydrogen-bond donors (Lipinski definition) is 0. The lowest BCUT2D eigenvalue weighted by Gasteiger charge is -1.95. The fourth-order valence-corrected chi connectivity index (χ4v) is 2.25. The molecule has 0 spiro atoms. The first kappa shape index (κ1) is 10.5. The van der Waals surface area contributed by atoms with Crippen molar-refractivity contribution in [3.63, 3.8) is 0 Å². The number of benzene rings is 1. The van der Waals surface area contributed by atoms with Gasteiger partial charge in [0.05, 0.1) is 4.90 Å². The summed E-state index contributed by atoms with van der Waals surface area (Å²) < 4.78 is 27.7. The lowest BCUT2D eigenvalue weighted by molar-refractivity contribution is 0.575. The third-order valence-corrected chi connectivity index (χ3v) is 3.78. The molecule has 0 aliphatic rings. The van der Waals surface area contributed by atoms with Gasteiger partial charge in [0.1, 0.15) is 11.3 Å². The zero-order chi connectivity index (χ0) is 11.2. The molecule has 15 heavy (non-hydrogen) atoms. The van der Waals surface area contributed by atoms with Crippen LogP contribution in [0, 0.1) is 13.8 Å². The van der Waals surface area contributed by atoms with Gasteiger partial charge < -0.3 is 4.42 Å². The lowest BCUT2D eigenvalue weighted by atomic mass is 10.2. The Morgan fingerprint density at radius 1 is 1.27 bits per heavy atom. The summed E-state index contributed by atoms with van der Waals surface area (Å²) in [6.45, 7) is 3.72. The molecule has 0 unspecified atom stereocenters. The zero-order valence-electron chi connectivity index (χ0n) is 8.24. The fraction of sp³-hybridized carbons (Fsp3) is 0.200. The van der Waals surface area contributed by atoms with Gasteiger partial charge in [0.25, 0.3) is 9.05 Å². The first-order valence-electron chi connectivity index (χ1n) is 4.34. The molecule has 0 radical (unpaired) electrons. The molecule has 0 aliphatic carbocycles. The van der Waals surface area contributed by atoms with Crippen LogP contribution < -0.4 is 0 Å². The molecular weight excluding hydrogens is 236 g/mol. The van der Waals surface area contributed by atoms with Crippen molar-refractivity contribution >= 4 is 30.7 Å². The van der Waals surface area contributed by atoms with Crippen molar-refractivity contribution in [2.75, 3.05) is 0 Å². The van der Waals surface area contributed by atoms with Crippen LogP contribution in [0.1, 0.15) is 11.3 Å². The van der Waals surface area contributed by atoms with Crippen LogP contribution in [0.5, 0.6) is 0 Å². The highest BCUT2D eigenvalue weighted by Gasteiger charge is 2.13. The van der Waals surface area contributed by atoms with Crippen LogP contribution in [0.2, 0.25) is 0 Å². The molecule has 0 saturated heterocycles. The van der Waals surface area contributed by atoms with E-state index in [1.165, 1.54) is 12.1 Å². The smallest absolute Gasteiger partial charge is 0.261 e. The van der Waals surface area contributed by atoms with Gasteiger partial charge in [0, 0.05) is 16.1 Å². The van der Waals surface area contributed by atoms with Crippen molar-refractivity contribution in [3.05, 3.63) is 29.5 Å². The molecular formula is C10H9ClO3S. The van der Waals surface area contributed by atoms with Crippen molar-refractivity contribution < 1.29 is 12.8 Å². The van der Waals surface area contributed by atoms with Crippen molar-refractivity contribution in [1.82, 2.24) is 0 Å². The van der Waals surface area contributed by atoms with Crippen LogP contribution in [-0.4, -0.2) is 8.42 Å². The molecule has 3 nitrogen and oxygen atoms in total. The predicted molar refractivity (Wildman–Crippen MR) is 58.7 cm³/mol. The number of furan rings is 1. The molecule has 2 aromatic rings. The first-order valence-corrected chi connectivity index (χ1v) is 6.65. The van der Waals surface area contributed by atoms with E-state index in [-0.39, 0.29) is 4.90 Å². The molecule has 2 rings (SSSR count). The highest BCUT2D eigenvalue weighted by atomic mass is 35.7. The van der Waals surface area contributed by atoms with Crippen molar-refractivity contribution in [2.45, 2.75) is 18.7 Å². The molecule has 5 heteroatoms. The van der Waals surface area contributed by atoms with Crippen LogP contribution >= 0.6 is 10.7 Å². The number of hydrogen-bond acceptors (Lipinski definition) is 3. The summed E-state index contributed by atoms with van der Waals surface area (Å²) in [5, 5.41) is 0.786. The number of aryl methyl sites for hydroxylation is 2. The van der Waals surface area contributed by atoms with Crippen LogP contribution in [0.3, 0.4) is 0 Å². The molecule has 0 amide bonds. The van der Waals surface area contributed by atoms with E-state index >= 15 is 0 Å². The summed E-state index contributed by atoms with van der Waals surface area (Å²) in [4.78, 5) is 0.0977. The molecule has 0 fully saturated rings. The average Bonchev–Trinajstić information content (AvgIpc) is 2.41. The van der Waals surface area contributed by atoms with E-state index in [2.05, 4.69) is 0 Å². The molecule has 80 valence electrons. The van der Waals surface area contributed by atoms with E-state index in [0.29, 0.717) is 5.58 Å². The summed E-state index contributed by atoms with van der Waals surface area (Å²) in [6.07, 6.45) is 0. The quantitative estimate of drug-likeness (QED) is 0.725. The maximum atomic E-state index is 11.1. The van der Waals surface area contributed by atoms with E-state index in [4.69, 9.17) is 15.1 Å². The lowest BCUT2D eigenvalue weighted by Crippen LogP contribution is -1.89. The van der Waals surface area contributed by atoms with Gasteiger partial charge in [0.2, 0.25) is 0 Å². The van der Waals surface area contributed by atoms with Gasteiger partial charge in [-0.05, 0) is 37.6 Å². The Hall–Kier alpha value is -1.00. The third kappa shape index (κ3) is 1.75. The Kier molecular flexibility index (Phi) is 2.28. The molecule has 0 saturated carbocycles. The molecule has 1 aromatic carbocycles. The van der Waals surface area contributed by atoms with Gasteiger partial charge in [0.15, 0.2) is 0 Å². The maximum Gasteiger partial charge on any atom is 0.261 e. The standard InChI is InChI=1S/C10H9ClO3S/c1-6-7(2)14-10-4-3-8(5-9(6)10)15(11,12)13/h3-5H,1-2H3. The second-order valence-electron chi connectivity index (χ2n) is 3.38. The van der Waals surface area contributed by atoms with Crippen LogP contribution in [-0.2, 0) is 9.05 Å². The van der Waals surface area contributed by atoms with E-state index < -0.39 is 9.05 Å². The second kappa shape index (κ2) is 3.25. The fourth-order valence-electron chi connectivity index (χ4n) is 1.47. The van der Waals surface area contributed by atoms with Gasteiger partial charge >= 0.3 is 0 Å². The van der Waals surface area contributed by atoms with E-state index in [1.54, 1.807) is 6.07 Å². The van der Waals surface area contributed by atoms with Gasteiger partial charge in [-0.15, -0.1) is 0 Å². The Morgan fingerprint density at radius 3 is 2.53 bits per heavy atom. The summed E-state index contributed by atoms with van der Waals surface area (Å²) in [5.41, 5.74) is 1.61. The van der Waals surface area contributed by atoms with Gasteiger partial charge in [-0.1, -0.05) is 0 Å². The van der Waals surface area contributed by atoms with Crippen molar-refractivity contribution in [1.29, 1.82) is 0 Å². The zero-order valence-corrected chi connectivity index (χ0v) is 9.82.